The average Bonchev–Trinajstić information content (AvgIpc) is 2.87. The summed E-state index contributed by atoms with van der Waals surface area (Å²) in [6, 6.07) is 4.56. The molecule has 0 aliphatic carbocycles. The van der Waals surface area contributed by atoms with Crippen LogP contribution in [0.4, 0.5) is 0 Å². The van der Waals surface area contributed by atoms with E-state index in [1.807, 2.05) is 12.4 Å². The number of hydrogen-bond acceptors (Lipinski definition) is 3. The Morgan fingerprint density at radius 2 is 2.38 bits per heavy atom. The van der Waals surface area contributed by atoms with Gasteiger partial charge in [0.05, 0.1) is 0 Å². The molecule has 0 radical (unpaired) electrons. The standard InChI is InChI=1S/C12H16N4/c13-11-3-5-15(9-11)7-10-1-2-12-14-4-6-16(12)8-10/h1-2,4,6,8,11H,3,5,7,9,13H2/t11-/m1/s1. The highest BCUT2D eigenvalue weighted by Crippen LogP contribution is 2.12. The maximum atomic E-state index is 5.90. The van der Waals surface area contributed by atoms with Crippen molar-refractivity contribution in [3.8, 4) is 0 Å². The molecule has 84 valence electrons. The molecule has 1 atom stereocenters. The minimum atomic E-state index is 0.358. The Balaban J connectivity index is 1.78. The Morgan fingerprint density at radius 1 is 1.44 bits per heavy atom. The van der Waals surface area contributed by atoms with E-state index in [0.29, 0.717) is 6.04 Å². The fourth-order valence-electron chi connectivity index (χ4n) is 2.32. The molecular weight excluding hydrogens is 200 g/mol. The molecule has 0 saturated carbocycles. The largest absolute Gasteiger partial charge is 0.326 e. The summed E-state index contributed by atoms with van der Waals surface area (Å²) in [5.74, 6) is 0. The molecule has 1 fully saturated rings. The van der Waals surface area contributed by atoms with Gasteiger partial charge in [-0.2, -0.15) is 0 Å². The smallest absolute Gasteiger partial charge is 0.136 e. The van der Waals surface area contributed by atoms with E-state index in [-0.39, 0.29) is 0 Å². The normalized spacial score (nSPS) is 21.9. The van der Waals surface area contributed by atoms with Crippen molar-refractivity contribution in [2.75, 3.05) is 13.1 Å². The van der Waals surface area contributed by atoms with E-state index >= 15 is 0 Å². The van der Waals surface area contributed by atoms with Gasteiger partial charge in [-0.1, -0.05) is 6.07 Å². The summed E-state index contributed by atoms with van der Waals surface area (Å²) in [6.07, 6.45) is 7.07. The van der Waals surface area contributed by atoms with Gasteiger partial charge in [0.25, 0.3) is 0 Å². The third kappa shape index (κ3) is 1.81. The lowest BCUT2D eigenvalue weighted by atomic mass is 10.2. The van der Waals surface area contributed by atoms with Crippen LogP contribution in [0, 0.1) is 0 Å². The Kier molecular flexibility index (Phi) is 2.38. The van der Waals surface area contributed by atoms with Crippen molar-refractivity contribution < 1.29 is 0 Å². The second-order valence-electron chi connectivity index (χ2n) is 4.51. The molecule has 2 aromatic rings. The zero-order valence-electron chi connectivity index (χ0n) is 9.21. The Labute approximate surface area is 94.7 Å². The summed E-state index contributed by atoms with van der Waals surface area (Å²) in [5, 5.41) is 0. The van der Waals surface area contributed by atoms with Crippen LogP contribution in [-0.4, -0.2) is 33.4 Å². The highest BCUT2D eigenvalue weighted by Gasteiger charge is 2.18. The molecule has 0 amide bonds. The monoisotopic (exact) mass is 216 g/mol. The van der Waals surface area contributed by atoms with Crippen molar-refractivity contribution in [3.63, 3.8) is 0 Å². The van der Waals surface area contributed by atoms with Crippen LogP contribution in [0.3, 0.4) is 0 Å². The van der Waals surface area contributed by atoms with Gasteiger partial charge in [0.1, 0.15) is 5.65 Å². The van der Waals surface area contributed by atoms with Crippen LogP contribution in [0.25, 0.3) is 5.65 Å². The summed E-state index contributed by atoms with van der Waals surface area (Å²) < 4.78 is 2.06. The van der Waals surface area contributed by atoms with Crippen LogP contribution in [0.2, 0.25) is 0 Å². The van der Waals surface area contributed by atoms with Gasteiger partial charge >= 0.3 is 0 Å². The molecule has 16 heavy (non-hydrogen) atoms. The fourth-order valence-corrected chi connectivity index (χ4v) is 2.32. The van der Waals surface area contributed by atoms with Crippen molar-refractivity contribution in [2.24, 2.45) is 5.73 Å². The number of hydrogen-bond donors (Lipinski definition) is 1. The molecule has 1 saturated heterocycles. The Bertz CT molecular complexity index is 490. The van der Waals surface area contributed by atoms with Crippen molar-refractivity contribution in [3.05, 3.63) is 36.3 Å². The van der Waals surface area contributed by atoms with Gasteiger partial charge in [-0.15, -0.1) is 0 Å². The van der Waals surface area contributed by atoms with Crippen LogP contribution >= 0.6 is 0 Å². The molecule has 0 spiro atoms. The number of aromatic nitrogens is 2. The van der Waals surface area contributed by atoms with Crippen LogP contribution in [0.1, 0.15) is 12.0 Å². The van der Waals surface area contributed by atoms with E-state index in [0.717, 1.165) is 31.7 Å². The predicted octanol–water partition coefficient (Wildman–Crippen LogP) is 0.867. The second kappa shape index (κ2) is 3.88. The van der Waals surface area contributed by atoms with Crippen molar-refractivity contribution in [2.45, 2.75) is 19.0 Å². The van der Waals surface area contributed by atoms with E-state index in [9.17, 15) is 0 Å². The van der Waals surface area contributed by atoms with Crippen molar-refractivity contribution in [1.82, 2.24) is 14.3 Å². The molecular formula is C12H16N4. The van der Waals surface area contributed by atoms with Crippen molar-refractivity contribution in [1.29, 1.82) is 0 Å². The average molecular weight is 216 g/mol. The van der Waals surface area contributed by atoms with E-state index in [1.54, 1.807) is 0 Å². The summed E-state index contributed by atoms with van der Waals surface area (Å²) in [7, 11) is 0. The van der Waals surface area contributed by atoms with E-state index in [1.165, 1.54) is 5.56 Å². The Morgan fingerprint density at radius 3 is 3.19 bits per heavy atom. The van der Waals surface area contributed by atoms with Gasteiger partial charge in [0.15, 0.2) is 0 Å². The first-order valence-corrected chi connectivity index (χ1v) is 5.71. The predicted molar refractivity (Wildman–Crippen MR) is 63.1 cm³/mol. The maximum Gasteiger partial charge on any atom is 0.136 e. The second-order valence-corrected chi connectivity index (χ2v) is 4.51. The fraction of sp³-hybridized carbons (Fsp3) is 0.417. The third-order valence-electron chi connectivity index (χ3n) is 3.17. The van der Waals surface area contributed by atoms with Gasteiger partial charge < -0.3 is 10.1 Å². The number of fused-ring (bicyclic) bond motifs is 1. The number of rotatable bonds is 2. The van der Waals surface area contributed by atoms with Gasteiger partial charge in [-0.25, -0.2) is 4.98 Å². The number of nitrogens with two attached hydrogens (primary N) is 1. The lowest BCUT2D eigenvalue weighted by molar-refractivity contribution is 0.326. The molecule has 2 N–H and O–H groups in total. The first kappa shape index (κ1) is 9.81. The van der Waals surface area contributed by atoms with E-state index in [4.69, 9.17) is 5.73 Å². The van der Waals surface area contributed by atoms with Crippen LogP contribution in [0.15, 0.2) is 30.7 Å². The third-order valence-corrected chi connectivity index (χ3v) is 3.17. The minimum absolute atomic E-state index is 0.358. The quantitative estimate of drug-likeness (QED) is 0.810. The van der Waals surface area contributed by atoms with Gasteiger partial charge in [-0.05, 0) is 18.1 Å². The van der Waals surface area contributed by atoms with E-state index in [2.05, 4.69) is 32.6 Å². The van der Waals surface area contributed by atoms with Gasteiger partial charge in [0.2, 0.25) is 0 Å². The molecule has 0 aromatic carbocycles. The molecule has 1 aliphatic heterocycles. The molecule has 3 rings (SSSR count). The molecule has 0 bridgehead atoms. The van der Waals surface area contributed by atoms with Gasteiger partial charge in [0, 0.05) is 44.3 Å². The van der Waals surface area contributed by atoms with Crippen LogP contribution < -0.4 is 5.73 Å². The summed E-state index contributed by atoms with van der Waals surface area (Å²) >= 11 is 0. The number of likely N-dealkylation sites (tertiary alicyclic amines) is 1. The Hall–Kier alpha value is -1.39. The molecule has 4 nitrogen and oxygen atoms in total. The molecule has 3 heterocycles. The molecule has 4 heteroatoms. The first-order valence-electron chi connectivity index (χ1n) is 5.71. The lowest BCUT2D eigenvalue weighted by Crippen LogP contribution is -2.26. The zero-order chi connectivity index (χ0) is 11.0. The highest BCUT2D eigenvalue weighted by molar-refractivity contribution is 5.39. The minimum Gasteiger partial charge on any atom is -0.326 e. The number of imidazole rings is 1. The highest BCUT2D eigenvalue weighted by atomic mass is 15.2. The maximum absolute atomic E-state index is 5.90. The van der Waals surface area contributed by atoms with E-state index < -0.39 is 0 Å². The van der Waals surface area contributed by atoms with Crippen molar-refractivity contribution >= 4 is 5.65 Å². The number of pyridine rings is 1. The van der Waals surface area contributed by atoms with Gasteiger partial charge in [-0.3, -0.25) is 4.90 Å². The number of nitrogens with zero attached hydrogens (tertiary/aromatic N) is 3. The van der Waals surface area contributed by atoms with Crippen LogP contribution in [-0.2, 0) is 6.54 Å². The SMILES string of the molecule is N[C@@H]1CCN(Cc2ccc3nccn3c2)C1. The molecule has 1 aliphatic rings. The topological polar surface area (TPSA) is 46.6 Å². The summed E-state index contributed by atoms with van der Waals surface area (Å²) in [4.78, 5) is 6.64. The van der Waals surface area contributed by atoms with Crippen LogP contribution in [0.5, 0.6) is 0 Å². The zero-order valence-corrected chi connectivity index (χ0v) is 9.21. The summed E-state index contributed by atoms with van der Waals surface area (Å²) in [5.41, 5.74) is 8.22. The molecule has 0 unspecified atom stereocenters. The summed E-state index contributed by atoms with van der Waals surface area (Å²) in [6.45, 7) is 3.12. The first-order chi connectivity index (χ1) is 7.81. The molecule has 2 aromatic heterocycles. The lowest BCUT2D eigenvalue weighted by Gasteiger charge is -2.15.